The SMILES string of the molecule is CCCCn1c(N)c(N(C)C(=O)/C=C/c2c(C)nn(-c3ccc(F)cc3)c2Cl)c(=O)[nH]c1=O. The lowest BCUT2D eigenvalue weighted by Gasteiger charge is -2.19. The molecule has 9 nitrogen and oxygen atoms in total. The summed E-state index contributed by atoms with van der Waals surface area (Å²) in [5.74, 6) is -1.03. The van der Waals surface area contributed by atoms with Gasteiger partial charge in [0.25, 0.3) is 11.5 Å². The van der Waals surface area contributed by atoms with E-state index in [1.54, 1.807) is 6.92 Å². The second-order valence-electron chi connectivity index (χ2n) is 7.41. The van der Waals surface area contributed by atoms with Gasteiger partial charge in [-0.05, 0) is 43.7 Å². The minimum Gasteiger partial charge on any atom is -0.383 e. The molecule has 0 aliphatic carbocycles. The van der Waals surface area contributed by atoms with Gasteiger partial charge in [-0.3, -0.25) is 19.1 Å². The molecule has 0 aliphatic rings. The van der Waals surface area contributed by atoms with Crippen molar-refractivity contribution in [2.45, 2.75) is 33.2 Å². The van der Waals surface area contributed by atoms with E-state index in [1.165, 1.54) is 52.7 Å². The summed E-state index contributed by atoms with van der Waals surface area (Å²) in [6.45, 7) is 3.99. The van der Waals surface area contributed by atoms with E-state index in [9.17, 15) is 18.8 Å². The van der Waals surface area contributed by atoms with Gasteiger partial charge in [0.05, 0.1) is 11.4 Å². The number of nitrogens with two attached hydrogens (primary N) is 1. The maximum absolute atomic E-state index is 13.2. The van der Waals surface area contributed by atoms with Crippen molar-refractivity contribution in [3.8, 4) is 5.69 Å². The molecule has 11 heteroatoms. The maximum Gasteiger partial charge on any atom is 0.330 e. The molecule has 174 valence electrons. The van der Waals surface area contributed by atoms with Crippen molar-refractivity contribution in [3.05, 3.63) is 73.4 Å². The molecule has 0 atom stereocenters. The Morgan fingerprint density at radius 3 is 2.61 bits per heavy atom. The molecule has 0 saturated carbocycles. The van der Waals surface area contributed by atoms with E-state index in [0.29, 0.717) is 29.9 Å². The number of halogens is 2. The van der Waals surface area contributed by atoms with Crippen LogP contribution in [0.2, 0.25) is 5.15 Å². The zero-order valence-electron chi connectivity index (χ0n) is 18.4. The van der Waals surface area contributed by atoms with Crippen LogP contribution >= 0.6 is 11.6 Å². The number of unbranched alkanes of at least 4 members (excludes halogenated alkanes) is 1. The number of anilines is 2. The number of carbonyl (C=O) groups excluding carboxylic acids is 1. The molecule has 2 aromatic heterocycles. The number of benzene rings is 1. The summed E-state index contributed by atoms with van der Waals surface area (Å²) in [7, 11) is 1.39. The summed E-state index contributed by atoms with van der Waals surface area (Å²) in [6.07, 6.45) is 4.21. The number of aromatic nitrogens is 4. The molecule has 33 heavy (non-hydrogen) atoms. The highest BCUT2D eigenvalue weighted by Gasteiger charge is 2.20. The van der Waals surface area contributed by atoms with Crippen molar-refractivity contribution < 1.29 is 9.18 Å². The lowest BCUT2D eigenvalue weighted by atomic mass is 10.2. The van der Waals surface area contributed by atoms with Crippen molar-refractivity contribution in [1.82, 2.24) is 19.3 Å². The van der Waals surface area contributed by atoms with Gasteiger partial charge in [0, 0.05) is 25.2 Å². The maximum atomic E-state index is 13.2. The fraction of sp³-hybridized carbons (Fsp3) is 0.273. The van der Waals surface area contributed by atoms with Crippen LogP contribution in [0.4, 0.5) is 15.9 Å². The molecule has 3 rings (SSSR count). The van der Waals surface area contributed by atoms with E-state index in [1.807, 2.05) is 6.92 Å². The van der Waals surface area contributed by atoms with Gasteiger partial charge >= 0.3 is 5.69 Å². The normalized spacial score (nSPS) is 11.3. The summed E-state index contributed by atoms with van der Waals surface area (Å²) >= 11 is 6.44. The zero-order valence-corrected chi connectivity index (χ0v) is 19.2. The third-order valence-corrected chi connectivity index (χ3v) is 5.49. The van der Waals surface area contributed by atoms with Crippen LogP contribution in [0.1, 0.15) is 31.0 Å². The number of amides is 1. The molecule has 0 radical (unpaired) electrons. The smallest absolute Gasteiger partial charge is 0.330 e. The zero-order chi connectivity index (χ0) is 24.3. The molecule has 0 aliphatic heterocycles. The number of likely N-dealkylation sites (N-methyl/N-ethyl adjacent to an activating group) is 1. The second-order valence-corrected chi connectivity index (χ2v) is 7.77. The Hall–Kier alpha value is -3.66. The predicted octanol–water partition coefficient (Wildman–Crippen LogP) is 2.88. The van der Waals surface area contributed by atoms with E-state index in [0.717, 1.165) is 11.3 Å². The third-order valence-electron chi connectivity index (χ3n) is 5.13. The van der Waals surface area contributed by atoms with Crippen molar-refractivity contribution in [2.24, 2.45) is 0 Å². The van der Waals surface area contributed by atoms with Crippen LogP contribution in [-0.2, 0) is 11.3 Å². The topological polar surface area (TPSA) is 119 Å². The monoisotopic (exact) mass is 474 g/mol. The molecule has 0 spiro atoms. The fourth-order valence-corrected chi connectivity index (χ4v) is 3.61. The number of aryl methyl sites for hydroxylation is 1. The Morgan fingerprint density at radius 1 is 1.30 bits per heavy atom. The summed E-state index contributed by atoms with van der Waals surface area (Å²) < 4.78 is 15.9. The first-order valence-electron chi connectivity index (χ1n) is 10.2. The van der Waals surface area contributed by atoms with E-state index >= 15 is 0 Å². The molecular weight excluding hydrogens is 451 g/mol. The molecule has 0 fully saturated rings. The number of H-pyrrole nitrogens is 1. The van der Waals surface area contributed by atoms with Crippen LogP contribution in [0.25, 0.3) is 11.8 Å². The number of nitrogens with zero attached hydrogens (tertiary/aromatic N) is 4. The Balaban J connectivity index is 1.91. The van der Waals surface area contributed by atoms with Gasteiger partial charge in [-0.15, -0.1) is 0 Å². The van der Waals surface area contributed by atoms with Gasteiger partial charge in [-0.25, -0.2) is 13.9 Å². The van der Waals surface area contributed by atoms with Gasteiger partial charge < -0.3 is 10.6 Å². The average molecular weight is 475 g/mol. The lowest BCUT2D eigenvalue weighted by molar-refractivity contribution is -0.113. The highest BCUT2D eigenvalue weighted by atomic mass is 35.5. The summed E-state index contributed by atoms with van der Waals surface area (Å²) in [6, 6.07) is 5.64. The van der Waals surface area contributed by atoms with Crippen molar-refractivity contribution in [3.63, 3.8) is 0 Å². The number of rotatable bonds is 7. The fourth-order valence-electron chi connectivity index (χ4n) is 3.27. The third kappa shape index (κ3) is 4.90. The second kappa shape index (κ2) is 9.86. The minimum atomic E-state index is -0.757. The first-order chi connectivity index (χ1) is 15.6. The number of hydrogen-bond donors (Lipinski definition) is 2. The van der Waals surface area contributed by atoms with Gasteiger partial charge in [0.1, 0.15) is 16.8 Å². The summed E-state index contributed by atoms with van der Waals surface area (Å²) in [5, 5.41) is 4.57. The standard InChI is InChI=1S/C22H24ClFN6O3/c1-4-5-12-29-20(25)18(21(32)26-22(29)33)28(3)17(31)11-10-16-13(2)27-30(19(16)23)15-8-6-14(24)7-9-15/h6-11H,4-5,12,25H2,1-3H3,(H,26,32,33)/b11-10+. The van der Waals surface area contributed by atoms with Gasteiger partial charge in [0.2, 0.25) is 0 Å². The molecular formula is C22H24ClFN6O3. The Bertz CT molecular complexity index is 1320. The summed E-state index contributed by atoms with van der Waals surface area (Å²) in [5.41, 5.74) is 6.15. The summed E-state index contributed by atoms with van der Waals surface area (Å²) in [4.78, 5) is 40.5. The Morgan fingerprint density at radius 2 is 1.97 bits per heavy atom. The van der Waals surface area contributed by atoms with Crippen LogP contribution in [-0.4, -0.2) is 32.3 Å². The van der Waals surface area contributed by atoms with Crippen molar-refractivity contribution in [2.75, 3.05) is 17.7 Å². The molecule has 0 saturated heterocycles. The minimum absolute atomic E-state index is 0.0835. The first-order valence-corrected chi connectivity index (χ1v) is 10.6. The van der Waals surface area contributed by atoms with Crippen LogP contribution in [0.15, 0.2) is 39.9 Å². The largest absolute Gasteiger partial charge is 0.383 e. The number of nitrogen functional groups attached to an aromatic ring is 1. The van der Waals surface area contributed by atoms with Crippen LogP contribution in [0.5, 0.6) is 0 Å². The average Bonchev–Trinajstić information content (AvgIpc) is 3.05. The predicted molar refractivity (Wildman–Crippen MR) is 126 cm³/mol. The van der Waals surface area contributed by atoms with Gasteiger partial charge in [-0.1, -0.05) is 24.9 Å². The Kier molecular flexibility index (Phi) is 7.17. The van der Waals surface area contributed by atoms with E-state index in [4.69, 9.17) is 17.3 Å². The quantitative estimate of drug-likeness (QED) is 0.510. The van der Waals surface area contributed by atoms with E-state index < -0.39 is 17.2 Å². The molecule has 0 bridgehead atoms. The molecule has 2 heterocycles. The molecule has 1 aromatic carbocycles. The molecule has 0 unspecified atom stereocenters. The van der Waals surface area contributed by atoms with E-state index in [2.05, 4.69) is 10.1 Å². The lowest BCUT2D eigenvalue weighted by Crippen LogP contribution is -2.38. The van der Waals surface area contributed by atoms with Crippen LogP contribution in [0, 0.1) is 12.7 Å². The Labute approximate surface area is 193 Å². The van der Waals surface area contributed by atoms with Gasteiger partial charge in [-0.2, -0.15) is 5.10 Å². The van der Waals surface area contributed by atoms with Crippen LogP contribution in [0.3, 0.4) is 0 Å². The first kappa shape index (κ1) is 24.0. The van der Waals surface area contributed by atoms with Gasteiger partial charge in [0.15, 0.2) is 5.69 Å². The molecule has 3 N–H and O–H groups in total. The molecule has 1 amide bonds. The highest BCUT2D eigenvalue weighted by molar-refractivity contribution is 6.31. The van der Waals surface area contributed by atoms with Crippen LogP contribution < -0.4 is 21.9 Å². The number of aromatic amines is 1. The van der Waals surface area contributed by atoms with Crippen molar-refractivity contribution >= 4 is 35.1 Å². The van der Waals surface area contributed by atoms with Crippen molar-refractivity contribution in [1.29, 1.82) is 0 Å². The number of nitrogens with one attached hydrogen (secondary N) is 1. The van der Waals surface area contributed by atoms with E-state index in [-0.39, 0.29) is 22.5 Å². The molecule has 3 aromatic rings. The number of carbonyl (C=O) groups is 1. The highest BCUT2D eigenvalue weighted by Crippen LogP contribution is 2.25. The number of hydrogen-bond acceptors (Lipinski definition) is 5.